The van der Waals surface area contributed by atoms with Crippen molar-refractivity contribution in [3.8, 4) is 0 Å². The van der Waals surface area contributed by atoms with E-state index in [4.69, 9.17) is 5.26 Å². The summed E-state index contributed by atoms with van der Waals surface area (Å²) in [7, 11) is 0. The molecule has 1 atom stereocenters. The normalized spacial score (nSPS) is 12.6. The minimum Gasteiger partial charge on any atom is -0.346 e. The Kier molecular flexibility index (Phi) is 6.48. The first-order chi connectivity index (χ1) is 12.3. The number of hydrogen-bond acceptors (Lipinski definition) is 6. The average Bonchev–Trinajstić information content (AvgIpc) is 2.63. The van der Waals surface area contributed by atoms with Gasteiger partial charge in [0.15, 0.2) is 5.43 Å². The van der Waals surface area contributed by atoms with Gasteiger partial charge in [0.25, 0.3) is 0 Å². The number of fused-ring (bicyclic) bond motifs is 1. The number of H-pyrrole nitrogens is 1. The fraction of sp³-hybridized carbons (Fsp3) is 0.0625. The summed E-state index contributed by atoms with van der Waals surface area (Å²) in [4.78, 5) is 28.8. The Morgan fingerprint density at radius 1 is 1.23 bits per heavy atom. The molecule has 9 nitrogen and oxygen atoms in total. The number of pyridine rings is 2. The van der Waals surface area contributed by atoms with Gasteiger partial charge >= 0.3 is 88.4 Å². The molecule has 136 valence electrons. The second kappa shape index (κ2) is 8.59. The van der Waals surface area contributed by atoms with Crippen molar-refractivity contribution in [2.75, 3.05) is 5.32 Å². The largest absolute Gasteiger partial charge is 0.346 e. The number of nitrogens with one attached hydrogen (secondary N) is 2. The fourth-order valence-corrected chi connectivity index (χ4v) is 3.74. The van der Waals surface area contributed by atoms with Crippen LogP contribution in [-0.4, -0.2) is 39.4 Å². The zero-order valence-electron chi connectivity index (χ0n) is 13.6. The Hall–Kier alpha value is -2.71. The van der Waals surface area contributed by atoms with Gasteiger partial charge < -0.3 is 4.98 Å². The van der Waals surface area contributed by atoms with E-state index in [0.717, 1.165) is 0 Å². The van der Waals surface area contributed by atoms with Crippen LogP contribution in [0.25, 0.3) is 11.0 Å². The van der Waals surface area contributed by atoms with Gasteiger partial charge in [0.2, 0.25) is 0 Å². The third-order valence-electron chi connectivity index (χ3n) is 3.16. The van der Waals surface area contributed by atoms with E-state index in [1.54, 1.807) is 30.6 Å². The third-order valence-corrected chi connectivity index (χ3v) is 5.72. The van der Waals surface area contributed by atoms with Crippen molar-refractivity contribution in [3.63, 3.8) is 0 Å². The number of aromatic amines is 1. The van der Waals surface area contributed by atoms with Crippen LogP contribution < -0.4 is 15.1 Å². The maximum atomic E-state index is 11.4. The number of hydrogen-bond donors (Lipinski definition) is 4. The Morgan fingerprint density at radius 2 is 1.96 bits per heavy atom. The van der Waals surface area contributed by atoms with Crippen LogP contribution >= 0.6 is 0 Å². The molecule has 0 aliphatic rings. The van der Waals surface area contributed by atoms with Crippen LogP contribution in [0.1, 0.15) is 6.92 Å². The summed E-state index contributed by atoms with van der Waals surface area (Å²) in [5.74, 6) is -0.379. The minimum absolute atomic E-state index is 0.00634. The van der Waals surface area contributed by atoms with Gasteiger partial charge in [-0.2, -0.15) is 0 Å². The van der Waals surface area contributed by atoms with E-state index in [-0.39, 0.29) is 21.4 Å². The van der Waals surface area contributed by atoms with Gasteiger partial charge in [-0.05, 0) is 12.1 Å². The summed E-state index contributed by atoms with van der Waals surface area (Å²) in [6.45, 7) is 1.27. The van der Waals surface area contributed by atoms with Crippen LogP contribution in [0.2, 0.25) is 0 Å². The number of nitrogens with zero attached hydrogens (tertiary/aromatic N) is 1. The molecule has 10 heteroatoms. The maximum absolute atomic E-state index is 11.4. The average molecular weight is 421 g/mol. The Bertz CT molecular complexity index is 1010. The Balaban J connectivity index is 0.000000195. The van der Waals surface area contributed by atoms with E-state index < -0.39 is 14.2 Å². The summed E-state index contributed by atoms with van der Waals surface area (Å²) < 4.78 is 24.1. The molecule has 0 saturated heterocycles. The van der Waals surface area contributed by atoms with Crippen molar-refractivity contribution < 1.29 is 21.8 Å². The van der Waals surface area contributed by atoms with Gasteiger partial charge in [0, 0.05) is 18.5 Å². The summed E-state index contributed by atoms with van der Waals surface area (Å²) in [6.07, 6.45) is 3.25. The number of anilines is 1. The molecular weight excluding hydrogens is 405 g/mol. The van der Waals surface area contributed by atoms with Crippen molar-refractivity contribution in [1.82, 2.24) is 9.97 Å². The molecule has 0 aliphatic heterocycles. The van der Waals surface area contributed by atoms with Crippen LogP contribution in [0.3, 0.4) is 0 Å². The van der Waals surface area contributed by atoms with E-state index in [1.807, 2.05) is 0 Å². The second-order valence-corrected chi connectivity index (χ2v) is 8.58. The molecule has 3 rings (SSSR count). The standard InChI is InChI=1S/C8H10AsNO5.C8H6N2O/c1-6(11)10-8-5-3-2-4-7(8)9(12,13)15-14;11-7-3-5-10-8-6(7)2-1-4-9-8/h2-5,14H,1H3,(H,10,11)(H,12,13);1-5H,(H,9,10,11). The van der Waals surface area contributed by atoms with Crippen LogP contribution in [0, 0.1) is 0 Å². The minimum atomic E-state index is -4.92. The topological polar surface area (TPSA) is 142 Å². The quantitative estimate of drug-likeness (QED) is 0.276. The number of para-hydroxylation sites is 1. The molecule has 0 aliphatic carbocycles. The molecule has 0 saturated carbocycles. The van der Waals surface area contributed by atoms with Crippen molar-refractivity contribution in [3.05, 3.63) is 65.1 Å². The molecule has 0 spiro atoms. The molecule has 0 fully saturated rings. The summed E-state index contributed by atoms with van der Waals surface area (Å²) in [5.41, 5.74) is 0.802. The first-order valence-corrected chi connectivity index (χ1v) is 10.6. The van der Waals surface area contributed by atoms with E-state index in [1.165, 1.54) is 31.2 Å². The third kappa shape index (κ3) is 4.90. The van der Waals surface area contributed by atoms with Crippen molar-refractivity contribution in [1.29, 1.82) is 0 Å². The first-order valence-electron chi connectivity index (χ1n) is 7.30. The smallest absolute Gasteiger partial charge is 0.191 e. The molecule has 1 aromatic carbocycles. The Morgan fingerprint density at radius 3 is 2.62 bits per heavy atom. The summed E-state index contributed by atoms with van der Waals surface area (Å²) in [5, 5.41) is 11.3. The second-order valence-electron chi connectivity index (χ2n) is 5.04. The van der Waals surface area contributed by atoms with Gasteiger partial charge in [0.05, 0.1) is 5.39 Å². The van der Waals surface area contributed by atoms with Crippen LogP contribution in [0.5, 0.6) is 0 Å². The van der Waals surface area contributed by atoms with E-state index >= 15 is 0 Å². The van der Waals surface area contributed by atoms with Gasteiger partial charge in [-0.15, -0.1) is 0 Å². The molecule has 0 radical (unpaired) electrons. The fourth-order valence-electron chi connectivity index (χ4n) is 2.06. The molecule has 26 heavy (non-hydrogen) atoms. The van der Waals surface area contributed by atoms with Crippen molar-refractivity contribution in [2.45, 2.75) is 6.92 Å². The summed E-state index contributed by atoms with van der Waals surface area (Å²) in [6, 6.07) is 10.8. The molecule has 3 aromatic rings. The SMILES string of the molecule is CC(=O)Nc1ccccc1[As](=O)(O)OO.O=c1cc[nH]c2ncccc12. The van der Waals surface area contributed by atoms with Crippen LogP contribution in [0.4, 0.5) is 5.69 Å². The van der Waals surface area contributed by atoms with Crippen molar-refractivity contribution >= 4 is 41.2 Å². The van der Waals surface area contributed by atoms with E-state index in [2.05, 4.69) is 19.2 Å². The molecule has 1 unspecified atom stereocenters. The molecule has 4 N–H and O–H groups in total. The van der Waals surface area contributed by atoms with E-state index in [9.17, 15) is 17.4 Å². The molecule has 2 heterocycles. The number of aromatic nitrogens is 2. The number of carbonyl (C=O) groups excluding carboxylic acids is 1. The molecule has 1 amide bonds. The predicted molar refractivity (Wildman–Crippen MR) is 95.1 cm³/mol. The van der Waals surface area contributed by atoms with Crippen LogP contribution in [-0.2, 0) is 12.4 Å². The number of benzene rings is 1. The molecule has 0 bridgehead atoms. The van der Waals surface area contributed by atoms with Crippen LogP contribution in [0.15, 0.2) is 59.7 Å². The molecular formula is C16H16AsN3O6. The maximum Gasteiger partial charge on any atom is 0.191 e. The van der Waals surface area contributed by atoms with Gasteiger partial charge in [-0.1, -0.05) is 0 Å². The first kappa shape index (κ1) is 19.6. The zero-order chi connectivity index (χ0) is 19.2. The number of amides is 1. The number of rotatable bonds is 3. The molecule has 2 aromatic heterocycles. The monoisotopic (exact) mass is 421 g/mol. The van der Waals surface area contributed by atoms with E-state index in [0.29, 0.717) is 11.0 Å². The summed E-state index contributed by atoms with van der Waals surface area (Å²) >= 11 is -4.92. The van der Waals surface area contributed by atoms with Gasteiger partial charge in [-0.3, -0.25) is 4.79 Å². The van der Waals surface area contributed by atoms with Crippen molar-refractivity contribution in [2.24, 2.45) is 0 Å². The van der Waals surface area contributed by atoms with Gasteiger partial charge in [-0.25, -0.2) is 4.98 Å². The predicted octanol–water partition coefficient (Wildman–Crippen LogP) is 0.626. The number of carbonyl (C=O) groups is 1. The van der Waals surface area contributed by atoms with Gasteiger partial charge in [0.1, 0.15) is 5.65 Å². The zero-order valence-corrected chi connectivity index (χ0v) is 15.5. The Labute approximate surface area is 150 Å².